The van der Waals surface area contributed by atoms with Gasteiger partial charge in [-0.1, -0.05) is 24.6 Å². The molecule has 1 aromatic carbocycles. The highest BCUT2D eigenvalue weighted by Gasteiger charge is 2.48. The largest absolute Gasteiger partial charge is 0.468 e. The summed E-state index contributed by atoms with van der Waals surface area (Å²) in [6, 6.07) is 7.81. The third-order valence-electron chi connectivity index (χ3n) is 3.78. The molecule has 0 atom stereocenters. The number of para-hydroxylation sites is 1. The molecule has 1 aliphatic carbocycles. The maximum atomic E-state index is 12.0. The molecule has 0 saturated heterocycles. The van der Waals surface area contributed by atoms with E-state index in [1.165, 1.54) is 7.11 Å². The van der Waals surface area contributed by atoms with Gasteiger partial charge in [-0.3, -0.25) is 4.79 Å². The van der Waals surface area contributed by atoms with E-state index in [1.807, 2.05) is 24.3 Å². The summed E-state index contributed by atoms with van der Waals surface area (Å²) in [5.74, 6) is -0.143. The number of carbonyl (C=O) groups excluding carboxylic acids is 1. The lowest BCUT2D eigenvalue weighted by Gasteiger charge is -2.38. The van der Waals surface area contributed by atoms with Gasteiger partial charge in [0.25, 0.3) is 0 Å². The smallest absolute Gasteiger partial charge is 0.316 e. The van der Waals surface area contributed by atoms with Crippen LogP contribution in [0.5, 0.6) is 0 Å². The lowest BCUT2D eigenvalue weighted by Crippen LogP contribution is -2.43. The molecule has 0 N–H and O–H groups in total. The summed E-state index contributed by atoms with van der Waals surface area (Å²) in [7, 11) is 1.45. The van der Waals surface area contributed by atoms with E-state index in [2.05, 4.69) is 0 Å². The van der Waals surface area contributed by atoms with Crippen molar-refractivity contribution in [2.24, 2.45) is 0 Å². The third kappa shape index (κ3) is 1.32. The van der Waals surface area contributed by atoms with Crippen LogP contribution < -0.4 is 0 Å². The van der Waals surface area contributed by atoms with E-state index in [4.69, 9.17) is 9.15 Å². The van der Waals surface area contributed by atoms with Crippen LogP contribution >= 0.6 is 0 Å². The van der Waals surface area contributed by atoms with Crippen LogP contribution in [-0.2, 0) is 14.9 Å². The summed E-state index contributed by atoms with van der Waals surface area (Å²) in [5.41, 5.74) is 1.34. The van der Waals surface area contributed by atoms with Gasteiger partial charge in [-0.15, -0.1) is 0 Å². The Balaban J connectivity index is 2.17. The predicted octanol–water partition coefficient (Wildman–Crippen LogP) is 3.03. The number of methoxy groups -OCH3 is 1. The molecule has 3 heteroatoms. The number of hydrogen-bond acceptors (Lipinski definition) is 3. The summed E-state index contributed by atoms with van der Waals surface area (Å²) in [6.07, 6.45) is 4.47. The predicted molar refractivity (Wildman–Crippen MR) is 63.8 cm³/mol. The van der Waals surface area contributed by atoms with E-state index in [9.17, 15) is 4.79 Å². The summed E-state index contributed by atoms with van der Waals surface area (Å²) < 4.78 is 10.5. The SMILES string of the molecule is COC(=O)C1(c2coc3ccccc23)CCC1. The van der Waals surface area contributed by atoms with Crippen molar-refractivity contribution in [2.45, 2.75) is 24.7 Å². The molecule has 0 radical (unpaired) electrons. The van der Waals surface area contributed by atoms with Gasteiger partial charge in [0.05, 0.1) is 18.8 Å². The Bertz CT molecular complexity index is 564. The molecule has 0 unspecified atom stereocenters. The Hall–Kier alpha value is -1.77. The van der Waals surface area contributed by atoms with Crippen LogP contribution in [0.3, 0.4) is 0 Å². The third-order valence-corrected chi connectivity index (χ3v) is 3.78. The van der Waals surface area contributed by atoms with Crippen molar-refractivity contribution < 1.29 is 13.9 Å². The molecule has 0 amide bonds. The first-order valence-corrected chi connectivity index (χ1v) is 5.83. The Morgan fingerprint density at radius 3 is 2.76 bits per heavy atom. The molecular weight excluding hydrogens is 216 g/mol. The molecule has 17 heavy (non-hydrogen) atoms. The minimum atomic E-state index is -0.471. The van der Waals surface area contributed by atoms with Crippen LogP contribution in [-0.4, -0.2) is 13.1 Å². The van der Waals surface area contributed by atoms with Crippen LogP contribution in [0.25, 0.3) is 11.0 Å². The van der Waals surface area contributed by atoms with Crippen LogP contribution in [0.2, 0.25) is 0 Å². The van der Waals surface area contributed by atoms with Crippen molar-refractivity contribution in [3.05, 3.63) is 36.1 Å². The standard InChI is InChI=1S/C14H14O3/c1-16-13(15)14(7-4-8-14)11-9-17-12-6-3-2-5-10(11)12/h2-3,5-6,9H,4,7-8H2,1H3. The maximum Gasteiger partial charge on any atom is 0.316 e. The molecule has 1 saturated carbocycles. The Kier molecular flexibility index (Phi) is 2.21. The van der Waals surface area contributed by atoms with E-state index in [-0.39, 0.29) is 5.97 Å². The number of fused-ring (bicyclic) bond motifs is 1. The number of hydrogen-bond donors (Lipinski definition) is 0. The Morgan fingerprint density at radius 1 is 1.35 bits per heavy atom. The van der Waals surface area contributed by atoms with E-state index < -0.39 is 5.41 Å². The van der Waals surface area contributed by atoms with Gasteiger partial charge in [-0.25, -0.2) is 0 Å². The van der Waals surface area contributed by atoms with E-state index in [0.29, 0.717) is 0 Å². The average molecular weight is 230 g/mol. The second kappa shape index (κ2) is 3.62. The highest BCUT2D eigenvalue weighted by molar-refractivity contribution is 5.92. The monoisotopic (exact) mass is 230 g/mol. The molecule has 1 aliphatic rings. The first-order chi connectivity index (χ1) is 8.28. The summed E-state index contributed by atoms with van der Waals surface area (Å²) in [4.78, 5) is 12.0. The fourth-order valence-electron chi connectivity index (χ4n) is 2.66. The van der Waals surface area contributed by atoms with Crippen molar-refractivity contribution >= 4 is 16.9 Å². The lowest BCUT2D eigenvalue weighted by atomic mass is 9.64. The lowest BCUT2D eigenvalue weighted by molar-refractivity contribution is -0.151. The summed E-state index contributed by atoms with van der Waals surface area (Å²) in [5, 5.41) is 1.03. The van der Waals surface area contributed by atoms with Crippen molar-refractivity contribution in [1.82, 2.24) is 0 Å². The molecule has 1 fully saturated rings. The number of benzene rings is 1. The van der Waals surface area contributed by atoms with Crippen molar-refractivity contribution in [3.8, 4) is 0 Å². The Morgan fingerprint density at radius 2 is 2.12 bits per heavy atom. The molecule has 3 nitrogen and oxygen atoms in total. The van der Waals surface area contributed by atoms with Crippen LogP contribution in [0, 0.1) is 0 Å². The van der Waals surface area contributed by atoms with Gasteiger partial charge in [0.2, 0.25) is 0 Å². The fraction of sp³-hybridized carbons (Fsp3) is 0.357. The van der Waals surface area contributed by atoms with Crippen LogP contribution in [0.1, 0.15) is 24.8 Å². The molecule has 3 rings (SSSR count). The molecule has 2 aromatic rings. The van der Waals surface area contributed by atoms with Gasteiger partial charge in [-0.2, -0.15) is 0 Å². The number of carbonyl (C=O) groups is 1. The minimum Gasteiger partial charge on any atom is -0.468 e. The van der Waals surface area contributed by atoms with Gasteiger partial charge in [0.15, 0.2) is 0 Å². The van der Waals surface area contributed by atoms with Crippen molar-refractivity contribution in [3.63, 3.8) is 0 Å². The average Bonchev–Trinajstić information content (AvgIpc) is 2.72. The zero-order valence-electron chi connectivity index (χ0n) is 9.73. The van der Waals surface area contributed by atoms with E-state index >= 15 is 0 Å². The zero-order valence-corrected chi connectivity index (χ0v) is 9.73. The van der Waals surface area contributed by atoms with Crippen LogP contribution in [0.15, 0.2) is 34.9 Å². The van der Waals surface area contributed by atoms with E-state index in [1.54, 1.807) is 6.26 Å². The second-order valence-electron chi connectivity index (χ2n) is 4.57. The van der Waals surface area contributed by atoms with E-state index in [0.717, 1.165) is 35.8 Å². The highest BCUT2D eigenvalue weighted by Crippen LogP contribution is 2.47. The number of furan rings is 1. The van der Waals surface area contributed by atoms with Gasteiger partial charge < -0.3 is 9.15 Å². The van der Waals surface area contributed by atoms with Crippen molar-refractivity contribution in [1.29, 1.82) is 0 Å². The van der Waals surface area contributed by atoms with Gasteiger partial charge in [-0.05, 0) is 18.9 Å². The summed E-state index contributed by atoms with van der Waals surface area (Å²) in [6.45, 7) is 0. The van der Waals surface area contributed by atoms with Gasteiger partial charge in [0, 0.05) is 10.9 Å². The second-order valence-corrected chi connectivity index (χ2v) is 4.57. The first-order valence-electron chi connectivity index (χ1n) is 5.83. The van der Waals surface area contributed by atoms with Crippen LogP contribution in [0.4, 0.5) is 0 Å². The molecular formula is C14H14O3. The topological polar surface area (TPSA) is 39.4 Å². The fourth-order valence-corrected chi connectivity index (χ4v) is 2.66. The zero-order chi connectivity index (χ0) is 11.9. The first kappa shape index (κ1) is 10.4. The minimum absolute atomic E-state index is 0.143. The maximum absolute atomic E-state index is 12.0. The number of esters is 1. The van der Waals surface area contributed by atoms with Gasteiger partial charge >= 0.3 is 5.97 Å². The van der Waals surface area contributed by atoms with Crippen molar-refractivity contribution in [2.75, 3.05) is 7.11 Å². The molecule has 1 aromatic heterocycles. The summed E-state index contributed by atoms with van der Waals surface area (Å²) >= 11 is 0. The molecule has 88 valence electrons. The number of ether oxygens (including phenoxy) is 1. The molecule has 0 spiro atoms. The quantitative estimate of drug-likeness (QED) is 0.744. The molecule has 1 heterocycles. The van der Waals surface area contributed by atoms with Gasteiger partial charge in [0.1, 0.15) is 5.58 Å². The highest BCUT2D eigenvalue weighted by atomic mass is 16.5. The number of rotatable bonds is 2. The molecule has 0 aliphatic heterocycles. The molecule has 0 bridgehead atoms. The normalized spacial score (nSPS) is 17.7. The Labute approximate surface area is 99.4 Å².